The number of benzene rings is 1. The van der Waals surface area contributed by atoms with Gasteiger partial charge in [0, 0.05) is 16.4 Å². The van der Waals surface area contributed by atoms with Crippen molar-refractivity contribution in [2.24, 2.45) is 0 Å². The van der Waals surface area contributed by atoms with Crippen molar-refractivity contribution < 1.29 is 9.53 Å². The number of methoxy groups -OCH3 is 1. The van der Waals surface area contributed by atoms with Gasteiger partial charge in [-0.1, -0.05) is 0 Å². The molecule has 0 N–H and O–H groups in total. The molecule has 0 aliphatic rings. The van der Waals surface area contributed by atoms with Gasteiger partial charge in [0.1, 0.15) is 5.75 Å². The molecule has 20 heavy (non-hydrogen) atoms. The highest BCUT2D eigenvalue weighted by Gasteiger charge is 2.17. The van der Waals surface area contributed by atoms with Gasteiger partial charge in [-0.2, -0.15) is 0 Å². The maximum absolute atomic E-state index is 12.5. The van der Waals surface area contributed by atoms with Crippen molar-refractivity contribution in [1.29, 1.82) is 0 Å². The molecule has 0 fully saturated rings. The fraction of sp³-hybridized carbons (Fsp3) is 0.267. The van der Waals surface area contributed by atoms with Gasteiger partial charge >= 0.3 is 0 Å². The molecular formula is C15H16BrNO2S. The zero-order valence-corrected chi connectivity index (χ0v) is 14.0. The zero-order valence-electron chi connectivity index (χ0n) is 11.6. The second-order valence-electron chi connectivity index (χ2n) is 4.53. The van der Waals surface area contributed by atoms with Gasteiger partial charge in [-0.25, -0.2) is 0 Å². The van der Waals surface area contributed by atoms with Gasteiger partial charge in [-0.3, -0.25) is 4.79 Å². The first-order valence-electron chi connectivity index (χ1n) is 6.15. The van der Waals surface area contributed by atoms with Gasteiger partial charge in [-0.15, -0.1) is 11.3 Å². The predicted molar refractivity (Wildman–Crippen MR) is 85.5 cm³/mol. The minimum atomic E-state index is -0.0245. The Bertz CT molecular complexity index is 624. The second-order valence-corrected chi connectivity index (χ2v) is 6.39. The Morgan fingerprint density at radius 3 is 2.75 bits per heavy atom. The lowest BCUT2D eigenvalue weighted by Gasteiger charge is -2.18. The average Bonchev–Trinajstić information content (AvgIpc) is 2.84. The minimum Gasteiger partial charge on any atom is -0.497 e. The molecule has 1 aromatic heterocycles. The number of ether oxygens (including phenoxy) is 1. The lowest BCUT2D eigenvalue weighted by Crippen LogP contribution is -2.26. The summed E-state index contributed by atoms with van der Waals surface area (Å²) in [4.78, 5) is 15.4. The maximum Gasteiger partial charge on any atom is 0.255 e. The van der Waals surface area contributed by atoms with Crippen LogP contribution in [0.25, 0.3) is 0 Å². The second kappa shape index (κ2) is 6.41. The summed E-state index contributed by atoms with van der Waals surface area (Å²) in [5.74, 6) is 0.654. The molecule has 0 spiro atoms. The highest BCUT2D eigenvalue weighted by atomic mass is 79.9. The van der Waals surface area contributed by atoms with E-state index >= 15 is 0 Å². The molecule has 1 amide bonds. The van der Waals surface area contributed by atoms with E-state index in [1.807, 2.05) is 24.6 Å². The summed E-state index contributed by atoms with van der Waals surface area (Å²) in [6.45, 7) is 2.68. The standard InChI is InChI=1S/C15H16BrNO2S/c1-10-6-7-20-14(10)9-17(2)15(18)12-8-11(19-3)4-5-13(12)16/h4-8H,9H2,1-3H3. The lowest BCUT2D eigenvalue weighted by molar-refractivity contribution is 0.0785. The van der Waals surface area contributed by atoms with Crippen molar-refractivity contribution in [2.45, 2.75) is 13.5 Å². The highest BCUT2D eigenvalue weighted by molar-refractivity contribution is 9.10. The third-order valence-corrected chi connectivity index (χ3v) is 4.80. The van der Waals surface area contributed by atoms with Crippen LogP contribution >= 0.6 is 27.3 Å². The fourth-order valence-corrected chi connectivity index (χ4v) is 3.23. The molecule has 0 radical (unpaired) electrons. The Labute approximate surface area is 131 Å². The van der Waals surface area contributed by atoms with Crippen LogP contribution < -0.4 is 4.74 Å². The molecule has 0 unspecified atom stereocenters. The number of carbonyl (C=O) groups excluding carboxylic acids is 1. The van der Waals surface area contributed by atoms with Gasteiger partial charge in [0.25, 0.3) is 5.91 Å². The van der Waals surface area contributed by atoms with E-state index in [1.165, 1.54) is 10.4 Å². The number of thiophene rings is 1. The average molecular weight is 354 g/mol. The van der Waals surface area contributed by atoms with E-state index < -0.39 is 0 Å². The number of amides is 1. The highest BCUT2D eigenvalue weighted by Crippen LogP contribution is 2.25. The predicted octanol–water partition coefficient (Wildman–Crippen LogP) is 4.10. The van der Waals surface area contributed by atoms with Crippen LogP contribution in [0.4, 0.5) is 0 Å². The van der Waals surface area contributed by atoms with Crippen molar-refractivity contribution in [1.82, 2.24) is 4.90 Å². The van der Waals surface area contributed by atoms with Gasteiger partial charge in [-0.05, 0) is 58.1 Å². The molecule has 0 aliphatic heterocycles. The van der Waals surface area contributed by atoms with Crippen LogP contribution in [0.3, 0.4) is 0 Å². The number of hydrogen-bond donors (Lipinski definition) is 0. The molecule has 1 aromatic carbocycles. The van der Waals surface area contributed by atoms with E-state index in [0.29, 0.717) is 17.9 Å². The van der Waals surface area contributed by atoms with Crippen molar-refractivity contribution in [3.8, 4) is 5.75 Å². The summed E-state index contributed by atoms with van der Waals surface area (Å²) in [5, 5.41) is 2.05. The number of hydrogen-bond acceptors (Lipinski definition) is 3. The molecule has 0 bridgehead atoms. The van der Waals surface area contributed by atoms with Crippen molar-refractivity contribution >= 4 is 33.2 Å². The van der Waals surface area contributed by atoms with Gasteiger partial charge < -0.3 is 9.64 Å². The summed E-state index contributed by atoms with van der Waals surface area (Å²) in [7, 11) is 3.41. The number of aryl methyl sites for hydroxylation is 1. The van der Waals surface area contributed by atoms with E-state index in [1.54, 1.807) is 29.4 Å². The molecule has 0 atom stereocenters. The number of halogens is 1. The summed E-state index contributed by atoms with van der Waals surface area (Å²) in [6, 6.07) is 7.48. The minimum absolute atomic E-state index is 0.0245. The molecule has 0 saturated carbocycles. The molecule has 106 valence electrons. The van der Waals surface area contributed by atoms with Gasteiger partial charge in [0.15, 0.2) is 0 Å². The van der Waals surface area contributed by atoms with Gasteiger partial charge in [0.2, 0.25) is 0 Å². The molecule has 5 heteroatoms. The lowest BCUT2D eigenvalue weighted by atomic mass is 10.2. The Kier molecular flexibility index (Phi) is 4.83. The first-order valence-corrected chi connectivity index (χ1v) is 7.82. The molecule has 1 heterocycles. The first kappa shape index (κ1) is 15.1. The quantitative estimate of drug-likeness (QED) is 0.827. The molecular weight excluding hydrogens is 338 g/mol. The van der Waals surface area contributed by atoms with Crippen LogP contribution in [0.2, 0.25) is 0 Å². The number of nitrogens with zero attached hydrogens (tertiary/aromatic N) is 1. The van der Waals surface area contributed by atoms with E-state index in [9.17, 15) is 4.79 Å². The summed E-state index contributed by atoms with van der Waals surface area (Å²) < 4.78 is 5.95. The Morgan fingerprint density at radius 1 is 1.40 bits per heavy atom. The smallest absolute Gasteiger partial charge is 0.255 e. The van der Waals surface area contributed by atoms with Crippen LogP contribution in [0.15, 0.2) is 34.1 Å². The van der Waals surface area contributed by atoms with E-state index in [0.717, 1.165) is 4.47 Å². The Hall–Kier alpha value is -1.33. The number of rotatable bonds is 4. The van der Waals surface area contributed by atoms with Crippen molar-refractivity contribution in [3.05, 3.63) is 50.1 Å². The van der Waals surface area contributed by atoms with Crippen molar-refractivity contribution in [2.75, 3.05) is 14.2 Å². The van der Waals surface area contributed by atoms with Crippen LogP contribution in [0.1, 0.15) is 20.8 Å². The largest absolute Gasteiger partial charge is 0.497 e. The SMILES string of the molecule is COc1ccc(Br)c(C(=O)N(C)Cc2sccc2C)c1. The molecule has 3 nitrogen and oxygen atoms in total. The van der Waals surface area contributed by atoms with Crippen LogP contribution in [-0.2, 0) is 6.54 Å². The Balaban J connectivity index is 2.20. The molecule has 0 saturated heterocycles. The topological polar surface area (TPSA) is 29.5 Å². The normalized spacial score (nSPS) is 10.4. The molecule has 2 rings (SSSR count). The Morgan fingerprint density at radius 2 is 2.15 bits per heavy atom. The van der Waals surface area contributed by atoms with Crippen LogP contribution in [-0.4, -0.2) is 25.0 Å². The van der Waals surface area contributed by atoms with E-state index in [2.05, 4.69) is 28.9 Å². The van der Waals surface area contributed by atoms with Gasteiger partial charge in [0.05, 0.1) is 19.2 Å². The summed E-state index contributed by atoms with van der Waals surface area (Å²) in [6.07, 6.45) is 0. The maximum atomic E-state index is 12.5. The zero-order chi connectivity index (χ0) is 14.7. The van der Waals surface area contributed by atoms with E-state index in [4.69, 9.17) is 4.74 Å². The fourth-order valence-electron chi connectivity index (χ4n) is 1.85. The monoisotopic (exact) mass is 353 g/mol. The third kappa shape index (κ3) is 3.22. The molecule has 0 aliphatic carbocycles. The molecule has 2 aromatic rings. The van der Waals surface area contributed by atoms with Crippen LogP contribution in [0.5, 0.6) is 5.75 Å². The number of carbonyl (C=O) groups is 1. The first-order chi connectivity index (χ1) is 9.52. The van der Waals surface area contributed by atoms with Crippen LogP contribution in [0, 0.1) is 6.92 Å². The summed E-state index contributed by atoms with van der Waals surface area (Å²) >= 11 is 5.09. The van der Waals surface area contributed by atoms with E-state index in [-0.39, 0.29) is 5.91 Å². The third-order valence-electron chi connectivity index (χ3n) is 3.10. The van der Waals surface area contributed by atoms with Crippen molar-refractivity contribution in [3.63, 3.8) is 0 Å². The summed E-state index contributed by atoms with van der Waals surface area (Å²) in [5.41, 5.74) is 1.83.